The zero-order valence-electron chi connectivity index (χ0n) is 15.6. The minimum Gasteiger partial charge on any atom is -0.406 e. The van der Waals surface area contributed by atoms with E-state index in [0.29, 0.717) is 13.1 Å². The average Bonchev–Trinajstić information content (AvgIpc) is 2.67. The number of benzene rings is 2. The highest BCUT2D eigenvalue weighted by atomic mass is 19.4. The minimum atomic E-state index is -4.85. The number of piperidine rings is 1. The summed E-state index contributed by atoms with van der Waals surface area (Å²) in [5.41, 5.74) is -1.21. The number of rotatable bonds is 5. The van der Waals surface area contributed by atoms with Crippen molar-refractivity contribution >= 4 is 0 Å². The van der Waals surface area contributed by atoms with Crippen molar-refractivity contribution in [3.05, 3.63) is 59.7 Å². The molecule has 1 aliphatic rings. The van der Waals surface area contributed by atoms with Crippen LogP contribution in [0.1, 0.15) is 30.4 Å². The van der Waals surface area contributed by atoms with Crippen molar-refractivity contribution in [1.29, 1.82) is 0 Å². The fourth-order valence-electron chi connectivity index (χ4n) is 3.53. The molecule has 4 nitrogen and oxygen atoms in total. The van der Waals surface area contributed by atoms with Crippen molar-refractivity contribution in [3.63, 3.8) is 0 Å². The van der Waals surface area contributed by atoms with Gasteiger partial charge in [0.1, 0.15) is 11.5 Å². The third kappa shape index (κ3) is 5.37. The van der Waals surface area contributed by atoms with E-state index in [4.69, 9.17) is 0 Å². The molecule has 1 fully saturated rings. The third-order valence-corrected chi connectivity index (χ3v) is 4.79. The Labute approximate surface area is 168 Å². The number of ether oxygens (including phenoxy) is 2. The first-order valence-electron chi connectivity index (χ1n) is 9.17. The van der Waals surface area contributed by atoms with Crippen LogP contribution in [0.4, 0.5) is 26.3 Å². The lowest BCUT2D eigenvalue weighted by molar-refractivity contribution is -0.275. The van der Waals surface area contributed by atoms with Crippen LogP contribution in [0.2, 0.25) is 0 Å². The summed E-state index contributed by atoms with van der Waals surface area (Å²) >= 11 is 0. The Balaban J connectivity index is 1.95. The number of hydrogen-bond acceptors (Lipinski definition) is 4. The number of nitrogens with zero attached hydrogens (tertiary/aromatic N) is 1. The van der Waals surface area contributed by atoms with Crippen LogP contribution in [0.3, 0.4) is 0 Å². The molecule has 1 aliphatic heterocycles. The maximum absolute atomic E-state index is 12.4. The zero-order chi connectivity index (χ0) is 22.0. The molecule has 0 bridgehead atoms. The van der Waals surface area contributed by atoms with Crippen LogP contribution in [0.25, 0.3) is 0 Å². The highest BCUT2D eigenvalue weighted by molar-refractivity contribution is 5.40. The molecular formula is C20H19F6NO3. The van der Waals surface area contributed by atoms with Gasteiger partial charge in [0.2, 0.25) is 0 Å². The Bertz CT molecular complexity index is 768. The normalized spacial score (nSPS) is 16.4. The Hall–Kier alpha value is -2.46. The van der Waals surface area contributed by atoms with Gasteiger partial charge in [-0.1, -0.05) is 30.7 Å². The van der Waals surface area contributed by atoms with Crippen LogP contribution in [-0.2, 0) is 5.72 Å². The molecule has 1 saturated heterocycles. The molecule has 0 aromatic heterocycles. The van der Waals surface area contributed by atoms with E-state index < -0.39 is 29.9 Å². The van der Waals surface area contributed by atoms with Gasteiger partial charge in [0.05, 0.1) is 0 Å². The maximum atomic E-state index is 12.4. The summed E-state index contributed by atoms with van der Waals surface area (Å²) in [5, 5.41) is 11.6. The molecule has 0 amide bonds. The van der Waals surface area contributed by atoms with Gasteiger partial charge in [0.25, 0.3) is 0 Å². The second kappa shape index (κ2) is 8.35. The molecule has 3 rings (SSSR count). The van der Waals surface area contributed by atoms with Crippen LogP contribution < -0.4 is 9.47 Å². The average molecular weight is 435 g/mol. The number of alkyl halides is 6. The first-order valence-corrected chi connectivity index (χ1v) is 9.17. The van der Waals surface area contributed by atoms with Gasteiger partial charge >= 0.3 is 12.7 Å². The molecule has 0 unspecified atom stereocenters. The molecule has 1 N–H and O–H groups in total. The number of aliphatic hydroxyl groups is 1. The topological polar surface area (TPSA) is 41.9 Å². The molecule has 10 heteroatoms. The summed E-state index contributed by atoms with van der Waals surface area (Å²) in [6, 6.07) is 9.53. The van der Waals surface area contributed by atoms with E-state index >= 15 is 0 Å². The van der Waals surface area contributed by atoms with Gasteiger partial charge in [0.15, 0.2) is 5.72 Å². The Kier molecular flexibility index (Phi) is 6.19. The summed E-state index contributed by atoms with van der Waals surface area (Å²) in [6.45, 7) is 1.02. The molecule has 2 aromatic rings. The highest BCUT2D eigenvalue weighted by Gasteiger charge is 2.39. The van der Waals surface area contributed by atoms with Gasteiger partial charge in [-0.2, -0.15) is 0 Å². The fourth-order valence-corrected chi connectivity index (χ4v) is 3.53. The minimum absolute atomic E-state index is 0.267. The van der Waals surface area contributed by atoms with Crippen molar-refractivity contribution in [1.82, 2.24) is 4.90 Å². The fraction of sp³-hybridized carbons (Fsp3) is 0.400. The number of hydrogen-bond donors (Lipinski definition) is 1. The first-order chi connectivity index (χ1) is 14.0. The summed E-state index contributed by atoms with van der Waals surface area (Å²) in [7, 11) is 0. The quantitative estimate of drug-likeness (QED) is 0.659. The molecule has 30 heavy (non-hydrogen) atoms. The van der Waals surface area contributed by atoms with Gasteiger partial charge in [-0.05, 0) is 37.1 Å². The molecule has 0 atom stereocenters. The van der Waals surface area contributed by atoms with E-state index in [1.54, 1.807) is 4.90 Å². The smallest absolute Gasteiger partial charge is 0.406 e. The lowest BCUT2D eigenvalue weighted by Crippen LogP contribution is -2.49. The van der Waals surface area contributed by atoms with E-state index in [9.17, 15) is 31.4 Å². The van der Waals surface area contributed by atoms with Crippen LogP contribution >= 0.6 is 0 Å². The maximum Gasteiger partial charge on any atom is 0.573 e. The molecule has 1 heterocycles. The van der Waals surface area contributed by atoms with Crippen LogP contribution in [-0.4, -0.2) is 35.8 Å². The zero-order valence-corrected chi connectivity index (χ0v) is 15.6. The Morgan fingerprint density at radius 3 is 1.33 bits per heavy atom. The largest absolute Gasteiger partial charge is 0.573 e. The molecule has 0 saturated carbocycles. The predicted octanol–water partition coefficient (Wildman–Crippen LogP) is 5.16. The van der Waals surface area contributed by atoms with Crippen molar-refractivity contribution in [2.24, 2.45) is 0 Å². The van der Waals surface area contributed by atoms with Gasteiger partial charge in [-0.25, -0.2) is 0 Å². The second-order valence-corrected chi connectivity index (χ2v) is 6.86. The lowest BCUT2D eigenvalue weighted by atomic mass is 9.90. The standard InChI is InChI=1S/C20H19F6NO3/c21-19(22,23)29-16-8-4-14(5-9-16)18(28,27-12-2-1-3-13-27)15-6-10-17(11-7-15)30-20(24,25)26/h4-11,28H,1-3,12-13H2. The summed E-state index contributed by atoms with van der Waals surface area (Å²) in [6.07, 6.45) is -7.14. The second-order valence-electron chi connectivity index (χ2n) is 6.86. The van der Waals surface area contributed by atoms with Crippen molar-refractivity contribution < 1.29 is 40.9 Å². The molecule has 0 radical (unpaired) electrons. The van der Waals surface area contributed by atoms with Gasteiger partial charge in [-0.15, -0.1) is 26.3 Å². The number of halogens is 6. The molecule has 164 valence electrons. The monoisotopic (exact) mass is 435 g/mol. The SMILES string of the molecule is OC(c1ccc(OC(F)(F)F)cc1)(c1ccc(OC(F)(F)F)cc1)N1CCCCC1. The van der Waals surface area contributed by atoms with Crippen LogP contribution in [0.5, 0.6) is 11.5 Å². The highest BCUT2D eigenvalue weighted by Crippen LogP contribution is 2.37. The van der Waals surface area contributed by atoms with E-state index in [1.165, 1.54) is 24.3 Å². The molecule has 0 aliphatic carbocycles. The van der Waals surface area contributed by atoms with Gasteiger partial charge in [-0.3, -0.25) is 4.90 Å². The van der Waals surface area contributed by atoms with E-state index in [0.717, 1.165) is 43.5 Å². The van der Waals surface area contributed by atoms with E-state index in [2.05, 4.69) is 9.47 Å². The first kappa shape index (κ1) is 22.2. The van der Waals surface area contributed by atoms with Crippen molar-refractivity contribution in [2.45, 2.75) is 37.7 Å². The van der Waals surface area contributed by atoms with Crippen LogP contribution in [0, 0.1) is 0 Å². The molecule has 2 aromatic carbocycles. The lowest BCUT2D eigenvalue weighted by Gasteiger charge is -2.42. The van der Waals surface area contributed by atoms with Crippen LogP contribution in [0.15, 0.2) is 48.5 Å². The third-order valence-electron chi connectivity index (χ3n) is 4.79. The van der Waals surface area contributed by atoms with Gasteiger partial charge in [0, 0.05) is 24.2 Å². The van der Waals surface area contributed by atoms with Crippen molar-refractivity contribution in [2.75, 3.05) is 13.1 Å². The summed E-state index contributed by atoms with van der Waals surface area (Å²) in [4.78, 5) is 1.75. The number of likely N-dealkylation sites (tertiary alicyclic amines) is 1. The van der Waals surface area contributed by atoms with Gasteiger partial charge < -0.3 is 14.6 Å². The van der Waals surface area contributed by atoms with E-state index in [-0.39, 0.29) is 11.1 Å². The molecule has 0 spiro atoms. The van der Waals surface area contributed by atoms with E-state index in [1.807, 2.05) is 0 Å². The van der Waals surface area contributed by atoms with Crippen molar-refractivity contribution in [3.8, 4) is 11.5 Å². The Morgan fingerprint density at radius 1 is 0.633 bits per heavy atom. The summed E-state index contributed by atoms with van der Waals surface area (Å²) in [5.74, 6) is -0.887. The predicted molar refractivity (Wildman–Crippen MR) is 94.7 cm³/mol. The molecular weight excluding hydrogens is 416 g/mol. The Morgan fingerprint density at radius 2 is 1.00 bits per heavy atom. The summed E-state index contributed by atoms with van der Waals surface area (Å²) < 4.78 is 82.2.